The number of hydrogen-bond donors (Lipinski definition) is 0. The Hall–Kier alpha value is 0.812. The first-order valence-corrected chi connectivity index (χ1v) is 2.74. The van der Waals surface area contributed by atoms with Crippen LogP contribution in [0.5, 0.6) is 0 Å². The summed E-state index contributed by atoms with van der Waals surface area (Å²) >= 11 is 3.05. The summed E-state index contributed by atoms with van der Waals surface area (Å²) in [5.74, 6) is 0. The third-order valence-electron chi connectivity index (χ3n) is 0.486. The molecule has 0 fully saturated rings. The first kappa shape index (κ1) is 10.7. The molecule has 0 heterocycles. The molecule has 1 radical (unpaired) electrons. The molecule has 0 aliphatic rings. The first-order valence-electron chi connectivity index (χ1n) is 1.83. The second-order valence-corrected chi connectivity index (χ2v) is 2.10. The van der Waals surface area contributed by atoms with Gasteiger partial charge in [0.2, 0.25) is 0 Å². The zero-order valence-electron chi connectivity index (χ0n) is 3.95. The van der Waals surface area contributed by atoms with E-state index < -0.39 is 0 Å². The maximum Gasteiger partial charge on any atom is 0 e. The Kier molecular flexibility index (Phi) is 10.4. The van der Waals surface area contributed by atoms with E-state index in [2.05, 4.69) is 15.9 Å². The van der Waals surface area contributed by atoms with Gasteiger partial charge in [0, 0.05) is 20.4 Å². The molecule has 0 N–H and O–H groups in total. The molecule has 43 valence electrons. The van der Waals surface area contributed by atoms with E-state index in [4.69, 9.17) is 0 Å². The Morgan fingerprint density at radius 3 is 2.29 bits per heavy atom. The van der Waals surface area contributed by atoms with Crippen molar-refractivity contribution in [2.75, 3.05) is 0 Å². The van der Waals surface area contributed by atoms with Crippen LogP contribution in [0.25, 0.3) is 0 Å². The minimum absolute atomic E-state index is 0. The normalized spacial score (nSPS) is 11.7. The number of halogens is 1. The van der Waals surface area contributed by atoms with Crippen LogP contribution in [0.3, 0.4) is 0 Å². The molecule has 0 bridgehead atoms. The third-order valence-corrected chi connectivity index (χ3v) is 1.32. The standard InChI is InChI=1S/C4H6BrO.Re/c1-2-4(5)3-6;/h4H,2H2,1H3;/q-1;. The van der Waals surface area contributed by atoms with E-state index >= 15 is 0 Å². The van der Waals surface area contributed by atoms with Gasteiger partial charge in [-0.25, -0.2) is 0 Å². The maximum atomic E-state index is 9.56. The molecule has 1 atom stereocenters. The van der Waals surface area contributed by atoms with E-state index in [1.165, 1.54) is 0 Å². The van der Waals surface area contributed by atoms with Gasteiger partial charge in [-0.2, -0.15) is 0 Å². The van der Waals surface area contributed by atoms with Crippen LogP contribution in [-0.2, 0) is 25.2 Å². The van der Waals surface area contributed by atoms with Gasteiger partial charge in [0.05, 0.1) is 0 Å². The number of rotatable bonds is 2. The Bertz CT molecular complexity index is 49.0. The van der Waals surface area contributed by atoms with Gasteiger partial charge in [-0.05, 0) is 0 Å². The molecule has 0 rings (SSSR count). The van der Waals surface area contributed by atoms with Gasteiger partial charge >= 0.3 is 0 Å². The second-order valence-electron chi connectivity index (χ2n) is 0.994. The van der Waals surface area contributed by atoms with Gasteiger partial charge in [-0.3, -0.25) is 6.29 Å². The first-order chi connectivity index (χ1) is 2.81. The summed E-state index contributed by atoms with van der Waals surface area (Å²) in [6.45, 7) is 1.92. The van der Waals surface area contributed by atoms with Crippen LogP contribution in [0.4, 0.5) is 0 Å². The summed E-state index contributed by atoms with van der Waals surface area (Å²) in [5, 5.41) is 0. The zero-order valence-corrected chi connectivity index (χ0v) is 8.25. The molecule has 0 aliphatic heterocycles. The molecule has 0 amide bonds. The summed E-state index contributed by atoms with van der Waals surface area (Å²) in [7, 11) is 0. The molecule has 1 nitrogen and oxygen atoms in total. The van der Waals surface area contributed by atoms with Crippen molar-refractivity contribution < 1.29 is 25.2 Å². The van der Waals surface area contributed by atoms with Crippen LogP contribution in [0.2, 0.25) is 0 Å². The number of hydrogen-bond acceptors (Lipinski definition) is 1. The van der Waals surface area contributed by atoms with E-state index in [9.17, 15) is 4.79 Å². The summed E-state index contributed by atoms with van der Waals surface area (Å²) in [6.07, 6.45) is 2.60. The van der Waals surface area contributed by atoms with Crippen molar-refractivity contribution in [2.45, 2.75) is 18.2 Å². The van der Waals surface area contributed by atoms with Gasteiger partial charge < -0.3 is 4.79 Å². The van der Waals surface area contributed by atoms with Crippen LogP contribution in [0.1, 0.15) is 13.3 Å². The Labute approximate surface area is 65.6 Å². The molecular weight excluding hydrogens is 330 g/mol. The quantitative estimate of drug-likeness (QED) is 0.548. The van der Waals surface area contributed by atoms with Crippen molar-refractivity contribution in [3.05, 3.63) is 0 Å². The Balaban J connectivity index is 0. The van der Waals surface area contributed by atoms with Crippen molar-refractivity contribution in [1.82, 2.24) is 0 Å². The van der Waals surface area contributed by atoms with Crippen LogP contribution in [0, 0.1) is 0 Å². The minimum atomic E-state index is -0.0579. The van der Waals surface area contributed by atoms with Gasteiger partial charge in [0.25, 0.3) is 0 Å². The molecule has 0 saturated carbocycles. The predicted molar refractivity (Wildman–Crippen MR) is 28.7 cm³/mol. The topological polar surface area (TPSA) is 17.1 Å². The maximum absolute atomic E-state index is 9.56. The Morgan fingerprint density at radius 1 is 1.86 bits per heavy atom. The summed E-state index contributed by atoms with van der Waals surface area (Å²) in [6, 6.07) is 0. The zero-order chi connectivity index (χ0) is 4.99. The van der Waals surface area contributed by atoms with Crippen molar-refractivity contribution in [3.63, 3.8) is 0 Å². The summed E-state index contributed by atoms with van der Waals surface area (Å²) in [5.41, 5.74) is 0. The van der Waals surface area contributed by atoms with Crippen LogP contribution in [0.15, 0.2) is 0 Å². The molecule has 7 heavy (non-hydrogen) atoms. The molecule has 0 spiro atoms. The van der Waals surface area contributed by atoms with Gasteiger partial charge in [-0.1, -0.05) is 18.2 Å². The van der Waals surface area contributed by atoms with Gasteiger partial charge in [0.15, 0.2) is 0 Å². The van der Waals surface area contributed by atoms with E-state index in [-0.39, 0.29) is 25.2 Å². The predicted octanol–water partition coefficient (Wildman–Crippen LogP) is 1.27. The van der Waals surface area contributed by atoms with Crippen LogP contribution < -0.4 is 0 Å². The minimum Gasteiger partial charge on any atom is -0.541 e. The average molecular weight is 336 g/mol. The molecule has 3 heteroatoms. The molecular formula is C4H6BrORe-. The molecule has 1 unspecified atom stereocenters. The van der Waals surface area contributed by atoms with E-state index in [0.717, 1.165) is 6.42 Å². The molecule has 0 aromatic rings. The average Bonchev–Trinajstić information content (AvgIpc) is 1.65. The summed E-state index contributed by atoms with van der Waals surface area (Å²) < 4.78 is 0. The van der Waals surface area contributed by atoms with E-state index in [0.29, 0.717) is 0 Å². The van der Waals surface area contributed by atoms with Crippen molar-refractivity contribution >= 4 is 22.2 Å². The van der Waals surface area contributed by atoms with Crippen molar-refractivity contribution in [3.8, 4) is 0 Å². The molecule has 0 saturated heterocycles. The fraction of sp³-hybridized carbons (Fsp3) is 0.750. The molecule has 0 aliphatic carbocycles. The third kappa shape index (κ3) is 6.81. The van der Waals surface area contributed by atoms with Gasteiger partial charge in [0.1, 0.15) is 0 Å². The largest absolute Gasteiger partial charge is 0.541 e. The smallest absolute Gasteiger partial charge is 0 e. The Morgan fingerprint density at radius 2 is 2.29 bits per heavy atom. The van der Waals surface area contributed by atoms with Crippen LogP contribution >= 0.6 is 15.9 Å². The monoisotopic (exact) mass is 336 g/mol. The summed E-state index contributed by atoms with van der Waals surface area (Å²) in [4.78, 5) is 9.51. The fourth-order valence-corrected chi connectivity index (χ4v) is 0.0833. The number of carbonyl (C=O) groups excluding carboxylic acids is 1. The molecule has 0 aromatic heterocycles. The number of alkyl halides is 1. The SMILES string of the molecule is CCC(Br)[C-]=O.[Re]. The van der Waals surface area contributed by atoms with Gasteiger partial charge in [-0.15, -0.1) is 15.9 Å². The van der Waals surface area contributed by atoms with Crippen LogP contribution in [-0.4, -0.2) is 11.1 Å². The van der Waals surface area contributed by atoms with E-state index in [1.54, 1.807) is 6.29 Å². The van der Waals surface area contributed by atoms with E-state index in [1.807, 2.05) is 6.92 Å². The molecule has 0 aromatic carbocycles. The van der Waals surface area contributed by atoms with Crippen molar-refractivity contribution in [2.24, 2.45) is 0 Å². The van der Waals surface area contributed by atoms with Crippen molar-refractivity contribution in [1.29, 1.82) is 0 Å². The second kappa shape index (κ2) is 6.81. The fourth-order valence-electron chi connectivity index (χ4n) is 0.0833.